The highest BCUT2D eigenvalue weighted by Gasteiger charge is 2.25. The smallest absolute Gasteiger partial charge is 0.250 e. The van der Waals surface area contributed by atoms with Crippen molar-refractivity contribution >= 4 is 28.9 Å². The zero-order valence-corrected chi connectivity index (χ0v) is 11.8. The molecule has 0 fully saturated rings. The summed E-state index contributed by atoms with van der Waals surface area (Å²) in [6, 6.07) is 9.57. The fraction of sp³-hybridized carbons (Fsp3) is 0.385. The van der Waals surface area contributed by atoms with Gasteiger partial charge in [-0.05, 0) is 26.0 Å². The summed E-state index contributed by atoms with van der Waals surface area (Å²) >= 11 is 1.46. The maximum Gasteiger partial charge on any atom is 0.250 e. The number of nitrogens with one attached hydrogen (secondary N) is 1. The van der Waals surface area contributed by atoms with Crippen molar-refractivity contribution in [3.63, 3.8) is 0 Å². The lowest BCUT2D eigenvalue weighted by Crippen LogP contribution is -2.35. The molecule has 0 bridgehead atoms. The molecule has 1 atom stereocenters. The van der Waals surface area contributed by atoms with Gasteiger partial charge in [0, 0.05) is 11.7 Å². The van der Waals surface area contributed by atoms with E-state index in [4.69, 9.17) is 4.74 Å². The second-order valence-electron chi connectivity index (χ2n) is 4.36. The van der Waals surface area contributed by atoms with Crippen LogP contribution in [0.5, 0.6) is 0 Å². The van der Waals surface area contributed by atoms with Crippen LogP contribution in [0.1, 0.15) is 13.8 Å². The average molecular weight is 279 g/mol. The molecule has 0 spiro atoms. The van der Waals surface area contributed by atoms with E-state index in [0.29, 0.717) is 0 Å². The van der Waals surface area contributed by atoms with Crippen LogP contribution in [0, 0.1) is 0 Å². The molecule has 1 amide bonds. The molecule has 102 valence electrons. The first-order valence-corrected chi connectivity index (χ1v) is 7.04. The Morgan fingerprint density at radius 3 is 2.89 bits per heavy atom. The van der Waals surface area contributed by atoms with Gasteiger partial charge in [0.1, 0.15) is 6.61 Å². The van der Waals surface area contributed by atoms with Gasteiger partial charge in [-0.25, -0.2) is 0 Å². The molecular weight excluding hydrogens is 262 g/mol. The Balaban J connectivity index is 1.78. The fourth-order valence-electron chi connectivity index (χ4n) is 1.61. The number of hydrazone groups is 1. The normalized spacial score (nSPS) is 18.1. The highest BCUT2D eigenvalue weighted by atomic mass is 32.2. The van der Waals surface area contributed by atoms with E-state index in [2.05, 4.69) is 10.4 Å². The van der Waals surface area contributed by atoms with Crippen LogP contribution in [0.3, 0.4) is 0 Å². The van der Waals surface area contributed by atoms with E-state index in [-0.39, 0.29) is 24.1 Å². The van der Waals surface area contributed by atoms with Gasteiger partial charge in [0.25, 0.3) is 5.91 Å². The molecule has 1 aromatic rings. The summed E-state index contributed by atoms with van der Waals surface area (Å²) < 4.78 is 5.56. The molecule has 1 aliphatic rings. The summed E-state index contributed by atoms with van der Waals surface area (Å²) in [5.41, 5.74) is 2.29. The number of para-hydroxylation sites is 1. The van der Waals surface area contributed by atoms with E-state index in [0.717, 1.165) is 5.69 Å². The Morgan fingerprint density at radius 2 is 2.21 bits per heavy atom. The van der Waals surface area contributed by atoms with Gasteiger partial charge >= 0.3 is 0 Å². The van der Waals surface area contributed by atoms with Crippen LogP contribution in [0.4, 0.5) is 5.69 Å². The van der Waals surface area contributed by atoms with Crippen LogP contribution in [0.25, 0.3) is 0 Å². The first-order valence-electron chi connectivity index (χ1n) is 6.09. The minimum absolute atomic E-state index is 0.0130. The number of benzene rings is 1. The van der Waals surface area contributed by atoms with E-state index in [1.807, 2.05) is 49.2 Å². The van der Waals surface area contributed by atoms with Gasteiger partial charge in [0.15, 0.2) is 5.56 Å². The summed E-state index contributed by atoms with van der Waals surface area (Å²) in [5.74, 6) is -0.164. The predicted octanol–water partition coefficient (Wildman–Crippen LogP) is 2.33. The molecular formula is C13H17N3O2S. The summed E-state index contributed by atoms with van der Waals surface area (Å²) in [7, 11) is 0. The number of hydrogen-bond donors (Lipinski definition) is 1. The standard InChI is InChI=1S/C13H17N3O2S/c1-10(2)16-13(19-9-14-16)18-8-12(17)15-11-6-4-3-5-7-11/h3-7,9-10,13H,8H2,1-2H3,(H,15,17). The van der Waals surface area contributed by atoms with Crippen LogP contribution in [0.2, 0.25) is 0 Å². The predicted molar refractivity (Wildman–Crippen MR) is 77.9 cm³/mol. The molecule has 1 aromatic carbocycles. The number of carbonyl (C=O) groups excluding carboxylic acids is 1. The van der Waals surface area contributed by atoms with E-state index >= 15 is 0 Å². The van der Waals surface area contributed by atoms with Crippen LogP contribution in [-0.4, -0.2) is 34.7 Å². The van der Waals surface area contributed by atoms with Crippen molar-refractivity contribution < 1.29 is 9.53 Å². The second-order valence-corrected chi connectivity index (χ2v) is 5.25. The van der Waals surface area contributed by atoms with Gasteiger partial charge in [-0.3, -0.25) is 9.80 Å². The molecule has 0 saturated heterocycles. The van der Waals surface area contributed by atoms with E-state index in [9.17, 15) is 4.79 Å². The zero-order chi connectivity index (χ0) is 13.7. The molecule has 1 heterocycles. The SMILES string of the molecule is CC(C)N1N=CSC1OCC(=O)Nc1ccccc1. The number of amides is 1. The second kappa shape index (κ2) is 6.58. The van der Waals surface area contributed by atoms with Gasteiger partial charge in [0.2, 0.25) is 0 Å². The molecule has 1 aliphatic heterocycles. The van der Waals surface area contributed by atoms with Crippen molar-refractivity contribution in [3.05, 3.63) is 30.3 Å². The lowest BCUT2D eigenvalue weighted by Gasteiger charge is -2.25. The number of carbonyl (C=O) groups is 1. The first-order chi connectivity index (χ1) is 9.16. The number of rotatable bonds is 5. The molecule has 6 heteroatoms. The third-order valence-corrected chi connectivity index (χ3v) is 3.32. The van der Waals surface area contributed by atoms with Crippen molar-refractivity contribution in [1.29, 1.82) is 0 Å². The number of thioether (sulfide) groups is 1. The third-order valence-electron chi connectivity index (χ3n) is 2.52. The Morgan fingerprint density at radius 1 is 1.47 bits per heavy atom. The molecule has 5 nitrogen and oxygen atoms in total. The Hall–Kier alpha value is -1.53. The van der Waals surface area contributed by atoms with E-state index in [1.54, 1.807) is 5.55 Å². The molecule has 1 N–H and O–H groups in total. The maximum absolute atomic E-state index is 11.7. The van der Waals surface area contributed by atoms with Crippen LogP contribution >= 0.6 is 11.8 Å². The van der Waals surface area contributed by atoms with Crippen molar-refractivity contribution in [2.45, 2.75) is 25.4 Å². The fourth-order valence-corrected chi connectivity index (χ4v) is 2.45. The van der Waals surface area contributed by atoms with Crippen molar-refractivity contribution in [1.82, 2.24) is 5.01 Å². The number of nitrogens with zero attached hydrogens (tertiary/aromatic N) is 2. The number of anilines is 1. The largest absolute Gasteiger partial charge is 0.337 e. The summed E-state index contributed by atoms with van der Waals surface area (Å²) in [6.45, 7) is 4.08. The van der Waals surface area contributed by atoms with Crippen LogP contribution in [-0.2, 0) is 9.53 Å². The van der Waals surface area contributed by atoms with Gasteiger partial charge in [0.05, 0.1) is 5.55 Å². The molecule has 0 aliphatic carbocycles. The van der Waals surface area contributed by atoms with Gasteiger partial charge in [-0.1, -0.05) is 30.0 Å². The minimum Gasteiger partial charge on any atom is -0.337 e. The lowest BCUT2D eigenvalue weighted by molar-refractivity contribution is -0.124. The Kier molecular flexibility index (Phi) is 4.81. The molecule has 0 saturated carbocycles. The minimum atomic E-state index is -0.221. The quantitative estimate of drug-likeness (QED) is 0.898. The zero-order valence-electron chi connectivity index (χ0n) is 10.9. The van der Waals surface area contributed by atoms with E-state index in [1.165, 1.54) is 11.8 Å². The molecule has 19 heavy (non-hydrogen) atoms. The summed E-state index contributed by atoms with van der Waals surface area (Å²) in [4.78, 5) is 11.7. The first kappa shape index (κ1) is 13.9. The Labute approximate surface area is 117 Å². The van der Waals surface area contributed by atoms with Crippen molar-refractivity contribution in [3.8, 4) is 0 Å². The number of ether oxygens (including phenoxy) is 1. The molecule has 0 aromatic heterocycles. The third kappa shape index (κ3) is 3.97. The maximum atomic E-state index is 11.7. The lowest BCUT2D eigenvalue weighted by atomic mass is 10.3. The van der Waals surface area contributed by atoms with Crippen LogP contribution < -0.4 is 5.32 Å². The Bertz CT molecular complexity index is 450. The van der Waals surface area contributed by atoms with Crippen molar-refractivity contribution in [2.24, 2.45) is 5.10 Å². The average Bonchev–Trinajstić information content (AvgIpc) is 2.86. The monoisotopic (exact) mass is 279 g/mol. The highest BCUT2D eigenvalue weighted by Crippen LogP contribution is 2.24. The van der Waals surface area contributed by atoms with Gasteiger partial charge in [-0.2, -0.15) is 5.10 Å². The molecule has 2 rings (SSSR count). The van der Waals surface area contributed by atoms with Crippen LogP contribution in [0.15, 0.2) is 35.4 Å². The highest BCUT2D eigenvalue weighted by molar-refractivity contribution is 8.12. The summed E-state index contributed by atoms with van der Waals surface area (Å²) in [6.07, 6.45) is 0. The topological polar surface area (TPSA) is 53.9 Å². The van der Waals surface area contributed by atoms with Crippen molar-refractivity contribution in [2.75, 3.05) is 11.9 Å². The number of hydrogen-bond acceptors (Lipinski definition) is 5. The van der Waals surface area contributed by atoms with Gasteiger partial charge in [-0.15, -0.1) is 0 Å². The molecule has 0 radical (unpaired) electrons. The van der Waals surface area contributed by atoms with Gasteiger partial charge < -0.3 is 10.1 Å². The molecule has 1 unspecified atom stereocenters. The van der Waals surface area contributed by atoms with E-state index < -0.39 is 0 Å². The summed E-state index contributed by atoms with van der Waals surface area (Å²) in [5, 5.41) is 8.80.